The second-order valence-electron chi connectivity index (χ2n) is 7.53. The molecule has 152 valence electrons. The monoisotopic (exact) mass is 386 g/mol. The van der Waals surface area contributed by atoms with Crippen LogP contribution in [0, 0.1) is 13.8 Å². The van der Waals surface area contributed by atoms with E-state index in [2.05, 4.69) is 18.5 Å². The highest BCUT2D eigenvalue weighted by atomic mass is 16.2. The van der Waals surface area contributed by atoms with Gasteiger partial charge in [-0.3, -0.25) is 9.59 Å². The number of nitrogens with one attached hydrogen (secondary N) is 3. The van der Waals surface area contributed by atoms with Gasteiger partial charge in [0.1, 0.15) is 26.2 Å². The number of aryl methyl sites for hydroxylation is 1. The maximum Gasteiger partial charge on any atom is 0.279 e. The van der Waals surface area contributed by atoms with Gasteiger partial charge in [0.05, 0.1) is 0 Å². The van der Waals surface area contributed by atoms with Gasteiger partial charge in [0.25, 0.3) is 11.8 Å². The predicted octanol–water partition coefficient (Wildman–Crippen LogP) is -0.774. The van der Waals surface area contributed by atoms with Crippen LogP contribution in [0.25, 0.3) is 0 Å². The quantitative estimate of drug-likeness (QED) is 0.488. The number of rotatable bonds is 9. The number of hydrogen-bond acceptors (Lipinski definition) is 2. The van der Waals surface area contributed by atoms with Crippen LogP contribution in [-0.4, -0.2) is 69.1 Å². The summed E-state index contributed by atoms with van der Waals surface area (Å²) >= 11 is 0. The van der Waals surface area contributed by atoms with Crippen molar-refractivity contribution in [3.63, 3.8) is 0 Å². The van der Waals surface area contributed by atoms with Gasteiger partial charge < -0.3 is 20.0 Å². The average Bonchev–Trinajstić information content (AvgIpc) is 2.67. The lowest BCUT2D eigenvalue weighted by Crippen LogP contribution is -3.28. The number of anilines is 1. The van der Waals surface area contributed by atoms with Crippen LogP contribution < -0.4 is 15.1 Å². The summed E-state index contributed by atoms with van der Waals surface area (Å²) in [5.41, 5.74) is 3.18. The molecule has 2 rings (SSSR count). The molecular formula is C22H34N4O2+2. The van der Waals surface area contributed by atoms with Crippen LogP contribution in [0.2, 0.25) is 0 Å². The van der Waals surface area contributed by atoms with Crippen molar-refractivity contribution in [3.8, 4) is 0 Å². The zero-order chi connectivity index (χ0) is 20.5. The van der Waals surface area contributed by atoms with Crippen molar-refractivity contribution < 1.29 is 19.4 Å². The third-order valence-electron chi connectivity index (χ3n) is 5.41. The van der Waals surface area contributed by atoms with Gasteiger partial charge in [0.15, 0.2) is 13.1 Å². The van der Waals surface area contributed by atoms with Gasteiger partial charge in [0.2, 0.25) is 0 Å². The fourth-order valence-corrected chi connectivity index (χ4v) is 3.53. The Morgan fingerprint density at radius 3 is 2.18 bits per heavy atom. The topological polar surface area (TPSA) is 58.3 Å². The van der Waals surface area contributed by atoms with E-state index in [1.54, 1.807) is 17.1 Å². The summed E-state index contributed by atoms with van der Waals surface area (Å²) in [4.78, 5) is 29.2. The van der Waals surface area contributed by atoms with E-state index >= 15 is 0 Å². The molecule has 0 spiro atoms. The Bertz CT molecular complexity index is 698. The predicted molar refractivity (Wildman–Crippen MR) is 113 cm³/mol. The van der Waals surface area contributed by atoms with Gasteiger partial charge in [-0.15, -0.1) is 13.2 Å². The van der Waals surface area contributed by atoms with Gasteiger partial charge in [-0.1, -0.05) is 24.3 Å². The Kier molecular flexibility index (Phi) is 8.42. The fraction of sp³-hybridized carbons (Fsp3) is 0.455. The third kappa shape index (κ3) is 6.32. The lowest BCUT2D eigenvalue weighted by Gasteiger charge is -2.30. The molecule has 1 saturated heterocycles. The maximum atomic E-state index is 12.5. The number of nitrogens with zero attached hydrogens (tertiary/aromatic N) is 1. The fourth-order valence-electron chi connectivity index (χ4n) is 3.53. The van der Waals surface area contributed by atoms with Crippen LogP contribution in [0.4, 0.5) is 5.69 Å². The molecule has 28 heavy (non-hydrogen) atoms. The third-order valence-corrected chi connectivity index (χ3v) is 5.41. The van der Waals surface area contributed by atoms with Crippen molar-refractivity contribution in [2.24, 2.45) is 0 Å². The Balaban J connectivity index is 1.78. The van der Waals surface area contributed by atoms with E-state index in [1.807, 2.05) is 32.0 Å². The first-order chi connectivity index (χ1) is 13.4. The zero-order valence-corrected chi connectivity index (χ0v) is 17.2. The summed E-state index contributed by atoms with van der Waals surface area (Å²) in [6.45, 7) is 17.1. The number of quaternary nitrogens is 2. The molecule has 0 bridgehead atoms. The highest BCUT2D eigenvalue weighted by Gasteiger charge is 2.27. The van der Waals surface area contributed by atoms with E-state index in [0.29, 0.717) is 26.2 Å². The number of piperazine rings is 1. The van der Waals surface area contributed by atoms with E-state index in [-0.39, 0.29) is 11.8 Å². The van der Waals surface area contributed by atoms with Gasteiger partial charge in [-0.05, 0) is 31.0 Å². The van der Waals surface area contributed by atoms with Crippen molar-refractivity contribution in [1.82, 2.24) is 4.90 Å². The molecule has 6 heteroatoms. The standard InChI is InChI=1S/C22H32N4O2/c1-5-10-26(11-6-2)22(28)17-25-14-12-24(13-15-25)16-21(27)23-20-9-7-8-18(3)19(20)4/h5-9H,1-2,10-17H2,3-4H3,(H,23,27)/p+2. The van der Waals surface area contributed by atoms with Crippen LogP contribution in [0.1, 0.15) is 11.1 Å². The molecule has 0 unspecified atom stereocenters. The minimum Gasteiger partial charge on any atom is -0.330 e. The first-order valence-electron chi connectivity index (χ1n) is 9.97. The van der Waals surface area contributed by atoms with Crippen molar-refractivity contribution in [1.29, 1.82) is 0 Å². The summed E-state index contributed by atoms with van der Waals surface area (Å²) in [5, 5.41) is 3.04. The molecule has 3 N–H and O–H groups in total. The largest absolute Gasteiger partial charge is 0.330 e. The Morgan fingerprint density at radius 1 is 1.04 bits per heavy atom. The van der Waals surface area contributed by atoms with E-state index in [0.717, 1.165) is 37.4 Å². The summed E-state index contributed by atoms with van der Waals surface area (Å²) in [6.07, 6.45) is 3.49. The normalized spacial score (nSPS) is 18.9. The average molecular weight is 387 g/mol. The zero-order valence-electron chi connectivity index (χ0n) is 17.2. The second kappa shape index (κ2) is 10.8. The minimum absolute atomic E-state index is 0.0476. The molecule has 0 aliphatic carbocycles. The van der Waals surface area contributed by atoms with Crippen LogP contribution in [0.3, 0.4) is 0 Å². The summed E-state index contributed by atoms with van der Waals surface area (Å²) in [5.74, 6) is 0.178. The maximum absolute atomic E-state index is 12.5. The van der Waals surface area contributed by atoms with E-state index in [1.165, 1.54) is 15.4 Å². The molecule has 0 saturated carbocycles. The Hall–Kier alpha value is -2.44. The van der Waals surface area contributed by atoms with Crippen LogP contribution in [0.15, 0.2) is 43.5 Å². The molecule has 1 aliphatic heterocycles. The lowest BCUT2D eigenvalue weighted by atomic mass is 10.1. The van der Waals surface area contributed by atoms with E-state index in [4.69, 9.17) is 0 Å². The molecule has 1 aromatic rings. The van der Waals surface area contributed by atoms with Gasteiger partial charge in [0, 0.05) is 18.8 Å². The van der Waals surface area contributed by atoms with Crippen LogP contribution >= 0.6 is 0 Å². The molecule has 1 heterocycles. The van der Waals surface area contributed by atoms with Crippen molar-refractivity contribution in [2.45, 2.75) is 13.8 Å². The first kappa shape index (κ1) is 21.9. The lowest BCUT2D eigenvalue weighted by molar-refractivity contribution is -1.00. The summed E-state index contributed by atoms with van der Waals surface area (Å²) in [6, 6.07) is 5.96. The Morgan fingerprint density at radius 2 is 1.61 bits per heavy atom. The second-order valence-corrected chi connectivity index (χ2v) is 7.53. The molecular weight excluding hydrogens is 352 g/mol. The summed E-state index contributed by atoms with van der Waals surface area (Å²) < 4.78 is 0. The van der Waals surface area contributed by atoms with Gasteiger partial charge in [-0.25, -0.2) is 0 Å². The Labute approximate surface area is 168 Å². The molecule has 6 nitrogen and oxygen atoms in total. The molecule has 0 radical (unpaired) electrons. The number of hydrogen-bond donors (Lipinski definition) is 3. The number of carbonyl (C=O) groups excluding carboxylic acids is 2. The van der Waals surface area contributed by atoms with Crippen molar-refractivity contribution >= 4 is 17.5 Å². The molecule has 1 aromatic carbocycles. The smallest absolute Gasteiger partial charge is 0.279 e. The SMILES string of the molecule is C=CCN(CC=C)C(=O)C[NH+]1CC[NH+](CC(=O)Nc2cccc(C)c2C)CC1. The van der Waals surface area contributed by atoms with Crippen molar-refractivity contribution in [2.75, 3.05) is 57.7 Å². The number of carbonyl (C=O) groups is 2. The summed E-state index contributed by atoms with van der Waals surface area (Å²) in [7, 11) is 0. The highest BCUT2D eigenvalue weighted by Crippen LogP contribution is 2.17. The van der Waals surface area contributed by atoms with E-state index in [9.17, 15) is 9.59 Å². The first-order valence-corrected chi connectivity index (χ1v) is 9.97. The molecule has 2 amide bonds. The molecule has 1 aliphatic rings. The number of amides is 2. The van der Waals surface area contributed by atoms with Crippen LogP contribution in [0.5, 0.6) is 0 Å². The number of benzene rings is 1. The van der Waals surface area contributed by atoms with E-state index < -0.39 is 0 Å². The highest BCUT2D eigenvalue weighted by molar-refractivity contribution is 5.92. The van der Waals surface area contributed by atoms with Gasteiger partial charge >= 0.3 is 0 Å². The molecule has 1 fully saturated rings. The van der Waals surface area contributed by atoms with Crippen LogP contribution in [-0.2, 0) is 9.59 Å². The van der Waals surface area contributed by atoms with Gasteiger partial charge in [-0.2, -0.15) is 0 Å². The molecule has 0 atom stereocenters. The molecule has 0 aromatic heterocycles. The van der Waals surface area contributed by atoms with Crippen molar-refractivity contribution in [3.05, 3.63) is 54.6 Å². The minimum atomic E-state index is 0.0476.